The fourth-order valence-corrected chi connectivity index (χ4v) is 3.17. The number of carbonyl (C=O) groups excluding carboxylic acids is 1. The molecule has 1 aliphatic rings. The number of hydrogen-bond acceptors (Lipinski definition) is 6. The van der Waals surface area contributed by atoms with Crippen LogP contribution in [0.25, 0.3) is 0 Å². The van der Waals surface area contributed by atoms with E-state index in [-0.39, 0.29) is 28.3 Å². The van der Waals surface area contributed by atoms with Crippen molar-refractivity contribution in [2.45, 2.75) is 13.0 Å². The topological polar surface area (TPSA) is 91.6 Å². The molecule has 1 aromatic carbocycles. The average molecular weight is 390 g/mol. The monoisotopic (exact) mass is 389 g/mol. The van der Waals surface area contributed by atoms with Gasteiger partial charge in [-0.25, -0.2) is 4.98 Å². The molecule has 0 bridgehead atoms. The second kappa shape index (κ2) is 8.32. The Labute approximate surface area is 161 Å². The maximum absolute atomic E-state index is 12.6. The van der Waals surface area contributed by atoms with Crippen LogP contribution in [0.4, 0.5) is 17.2 Å². The highest BCUT2D eigenvalue weighted by atomic mass is 35.5. The quantitative estimate of drug-likeness (QED) is 0.624. The summed E-state index contributed by atoms with van der Waals surface area (Å²) in [7, 11) is 0. The van der Waals surface area contributed by atoms with Crippen LogP contribution in [0.5, 0.6) is 0 Å². The fraction of sp³-hybridized carbons (Fsp3) is 0.333. The molecule has 1 aromatic heterocycles. The van der Waals surface area contributed by atoms with Crippen molar-refractivity contribution in [2.24, 2.45) is 0 Å². The maximum atomic E-state index is 12.6. The summed E-state index contributed by atoms with van der Waals surface area (Å²) < 4.78 is 0. The van der Waals surface area contributed by atoms with Gasteiger partial charge in [0.15, 0.2) is 0 Å². The summed E-state index contributed by atoms with van der Waals surface area (Å²) in [6, 6.07) is 9.40. The van der Waals surface area contributed by atoms with Gasteiger partial charge in [0.05, 0.1) is 21.7 Å². The lowest BCUT2D eigenvalue weighted by atomic mass is 10.2. The second-order valence-corrected chi connectivity index (χ2v) is 6.70. The van der Waals surface area contributed by atoms with E-state index in [0.29, 0.717) is 13.1 Å². The molecule has 8 nitrogen and oxygen atoms in total. The Balaban J connectivity index is 1.60. The number of piperazine rings is 1. The zero-order valence-corrected chi connectivity index (χ0v) is 15.6. The lowest BCUT2D eigenvalue weighted by Crippen LogP contribution is -2.53. The number of non-ortho nitro benzene ring substituents is 1. The van der Waals surface area contributed by atoms with E-state index in [4.69, 9.17) is 11.6 Å². The van der Waals surface area contributed by atoms with E-state index < -0.39 is 4.92 Å². The van der Waals surface area contributed by atoms with Gasteiger partial charge in [0.1, 0.15) is 5.82 Å². The molecule has 1 fully saturated rings. The van der Waals surface area contributed by atoms with Crippen molar-refractivity contribution in [1.29, 1.82) is 0 Å². The normalized spacial score (nSPS) is 16.0. The number of nitrogens with zero attached hydrogens (tertiary/aromatic N) is 4. The number of benzene rings is 1. The number of anilines is 2. The minimum absolute atomic E-state index is 0.119. The molecule has 1 N–H and O–H groups in total. The number of nitrogens with one attached hydrogen (secondary N) is 1. The van der Waals surface area contributed by atoms with E-state index in [1.54, 1.807) is 6.20 Å². The number of carbonyl (C=O) groups is 1. The van der Waals surface area contributed by atoms with Gasteiger partial charge in [-0.2, -0.15) is 0 Å². The molecule has 1 aliphatic heterocycles. The van der Waals surface area contributed by atoms with Gasteiger partial charge >= 0.3 is 0 Å². The van der Waals surface area contributed by atoms with Crippen molar-refractivity contribution >= 4 is 34.7 Å². The van der Waals surface area contributed by atoms with Crippen LogP contribution in [-0.4, -0.2) is 52.9 Å². The largest absolute Gasteiger partial charge is 0.354 e. The third-order valence-electron chi connectivity index (χ3n) is 4.63. The molecule has 0 radical (unpaired) electrons. The summed E-state index contributed by atoms with van der Waals surface area (Å²) in [5.41, 5.74) is 0.126. The van der Waals surface area contributed by atoms with Gasteiger partial charge in [0, 0.05) is 44.5 Å². The Morgan fingerprint density at radius 1 is 1.26 bits per heavy atom. The Hall–Kier alpha value is -2.71. The van der Waals surface area contributed by atoms with E-state index in [9.17, 15) is 14.9 Å². The number of nitro groups is 1. The van der Waals surface area contributed by atoms with Gasteiger partial charge < -0.3 is 10.2 Å². The summed E-state index contributed by atoms with van der Waals surface area (Å²) in [5.74, 6) is 0.682. The lowest BCUT2D eigenvalue weighted by Gasteiger charge is -2.37. The van der Waals surface area contributed by atoms with E-state index in [0.717, 1.165) is 18.9 Å². The minimum atomic E-state index is -0.522. The predicted octanol–water partition coefficient (Wildman–Crippen LogP) is 2.79. The lowest BCUT2D eigenvalue weighted by molar-refractivity contribution is -0.384. The van der Waals surface area contributed by atoms with Crippen LogP contribution in [0, 0.1) is 10.1 Å². The van der Waals surface area contributed by atoms with Crippen molar-refractivity contribution in [2.75, 3.05) is 36.4 Å². The van der Waals surface area contributed by atoms with E-state index in [2.05, 4.69) is 20.1 Å². The molecule has 1 amide bonds. The van der Waals surface area contributed by atoms with E-state index >= 15 is 0 Å². The Bertz CT molecular complexity index is 825. The van der Waals surface area contributed by atoms with Crippen LogP contribution in [0.1, 0.15) is 6.92 Å². The Morgan fingerprint density at radius 3 is 2.63 bits per heavy atom. The summed E-state index contributed by atoms with van der Waals surface area (Å²) in [6.07, 6.45) is 1.76. The molecule has 9 heteroatoms. The Morgan fingerprint density at radius 2 is 2.00 bits per heavy atom. The molecule has 2 heterocycles. The minimum Gasteiger partial charge on any atom is -0.354 e. The van der Waals surface area contributed by atoms with Crippen molar-refractivity contribution < 1.29 is 9.72 Å². The van der Waals surface area contributed by atoms with E-state index in [1.807, 2.05) is 25.1 Å². The van der Waals surface area contributed by atoms with Gasteiger partial charge in [-0.05, 0) is 25.1 Å². The highest BCUT2D eigenvalue weighted by Gasteiger charge is 2.26. The fourth-order valence-electron chi connectivity index (χ4n) is 3.00. The van der Waals surface area contributed by atoms with Crippen LogP contribution in [0.15, 0.2) is 42.6 Å². The first-order chi connectivity index (χ1) is 13.0. The van der Waals surface area contributed by atoms with Crippen LogP contribution in [0.2, 0.25) is 5.02 Å². The molecule has 3 rings (SSSR count). The van der Waals surface area contributed by atoms with E-state index in [1.165, 1.54) is 18.2 Å². The summed E-state index contributed by atoms with van der Waals surface area (Å²) in [5, 5.41) is 13.9. The first kappa shape index (κ1) is 19.1. The third-order valence-corrected chi connectivity index (χ3v) is 4.96. The van der Waals surface area contributed by atoms with Crippen LogP contribution in [0.3, 0.4) is 0 Å². The molecule has 0 aliphatic carbocycles. The number of pyridine rings is 1. The molecule has 1 saturated heterocycles. The maximum Gasteiger partial charge on any atom is 0.271 e. The van der Waals surface area contributed by atoms with Crippen molar-refractivity contribution in [3.05, 3.63) is 57.7 Å². The molecule has 2 aromatic rings. The molecular weight excluding hydrogens is 370 g/mol. The summed E-state index contributed by atoms with van der Waals surface area (Å²) in [4.78, 5) is 31.6. The van der Waals surface area contributed by atoms with Crippen LogP contribution < -0.4 is 10.2 Å². The van der Waals surface area contributed by atoms with Crippen molar-refractivity contribution in [1.82, 2.24) is 9.88 Å². The van der Waals surface area contributed by atoms with Gasteiger partial charge in [-0.1, -0.05) is 17.7 Å². The smallest absolute Gasteiger partial charge is 0.271 e. The highest BCUT2D eigenvalue weighted by molar-refractivity contribution is 6.33. The van der Waals surface area contributed by atoms with Crippen molar-refractivity contribution in [3.8, 4) is 0 Å². The summed E-state index contributed by atoms with van der Waals surface area (Å²) in [6.45, 7) is 4.79. The Kier molecular flexibility index (Phi) is 5.88. The molecule has 1 atom stereocenters. The molecule has 142 valence electrons. The van der Waals surface area contributed by atoms with Crippen LogP contribution in [-0.2, 0) is 4.79 Å². The first-order valence-electron chi connectivity index (χ1n) is 8.60. The van der Waals surface area contributed by atoms with Crippen LogP contribution >= 0.6 is 11.6 Å². The van der Waals surface area contributed by atoms with Gasteiger partial charge in [0.2, 0.25) is 5.91 Å². The number of amides is 1. The van der Waals surface area contributed by atoms with Gasteiger partial charge in [-0.3, -0.25) is 19.8 Å². The highest BCUT2D eigenvalue weighted by Crippen LogP contribution is 2.27. The third kappa shape index (κ3) is 4.53. The first-order valence-corrected chi connectivity index (χ1v) is 8.98. The molecule has 27 heavy (non-hydrogen) atoms. The number of hydrogen-bond donors (Lipinski definition) is 1. The average Bonchev–Trinajstić information content (AvgIpc) is 2.69. The molecule has 0 saturated carbocycles. The number of halogens is 1. The number of aromatic nitrogens is 1. The molecule has 0 spiro atoms. The zero-order valence-electron chi connectivity index (χ0n) is 14.8. The summed E-state index contributed by atoms with van der Waals surface area (Å²) >= 11 is 6.06. The standard InChI is InChI=1S/C18H20ClN5O3/c1-13(18(25)21-16-12-14(24(26)27)5-6-15(16)19)22-8-10-23(11-9-22)17-4-2-3-7-20-17/h2-7,12-13H,8-11H2,1H3,(H,21,25)/t13-/m1/s1. The SMILES string of the molecule is C[C@H](C(=O)Nc1cc([N+](=O)[O-])ccc1Cl)N1CCN(c2ccccn2)CC1. The number of rotatable bonds is 5. The number of nitro benzene ring substituents is 1. The zero-order chi connectivity index (χ0) is 19.4. The predicted molar refractivity (Wildman–Crippen MR) is 104 cm³/mol. The molecular formula is C18H20ClN5O3. The van der Waals surface area contributed by atoms with Gasteiger partial charge in [0.25, 0.3) is 5.69 Å². The van der Waals surface area contributed by atoms with Gasteiger partial charge in [-0.15, -0.1) is 0 Å². The second-order valence-electron chi connectivity index (χ2n) is 6.30. The molecule has 0 unspecified atom stereocenters. The van der Waals surface area contributed by atoms with Crippen molar-refractivity contribution in [3.63, 3.8) is 0 Å².